The number of piperidine rings is 1. The van der Waals surface area contributed by atoms with Crippen LogP contribution >= 0.6 is 0 Å². The van der Waals surface area contributed by atoms with Gasteiger partial charge in [0.1, 0.15) is 5.75 Å². The molecule has 0 unspecified atom stereocenters. The van der Waals surface area contributed by atoms with Crippen molar-refractivity contribution < 1.29 is 19.5 Å². The number of aliphatic carboxylic acids is 1. The zero-order valence-corrected chi connectivity index (χ0v) is 10.9. The Morgan fingerprint density at radius 1 is 1.39 bits per heavy atom. The Balaban J connectivity index is 2.38. The molecule has 0 amide bonds. The molecule has 1 N–H and O–H groups in total. The van der Waals surface area contributed by atoms with Gasteiger partial charge in [-0.15, -0.1) is 0 Å². The van der Waals surface area contributed by atoms with E-state index in [0.717, 1.165) is 18.7 Å². The summed E-state index contributed by atoms with van der Waals surface area (Å²) in [4.78, 5) is 13.0. The number of likely N-dealkylation sites (tertiary alicyclic amines) is 1. The summed E-state index contributed by atoms with van der Waals surface area (Å²) in [5, 5.41) is 11.6. The first-order valence-corrected chi connectivity index (χ1v) is 6.26. The average molecular weight is 249 g/mol. The summed E-state index contributed by atoms with van der Waals surface area (Å²) in [5.41, 5.74) is -0.0528. The largest absolute Gasteiger partial charge is 0.549 e. The average Bonchev–Trinajstić information content (AvgIpc) is 2.39. The Morgan fingerprint density at radius 3 is 2.61 bits per heavy atom. The Morgan fingerprint density at radius 2 is 2.06 bits per heavy atom. The van der Waals surface area contributed by atoms with Gasteiger partial charge in [0.15, 0.2) is 0 Å². The summed E-state index contributed by atoms with van der Waals surface area (Å²) in [5.74, 6) is -0.275. The minimum Gasteiger partial charge on any atom is -0.549 e. The molecule has 0 saturated carbocycles. The van der Waals surface area contributed by atoms with E-state index in [1.807, 2.05) is 24.3 Å². The summed E-state index contributed by atoms with van der Waals surface area (Å²) in [6.07, 6.45) is 1.24. The van der Waals surface area contributed by atoms with E-state index in [2.05, 4.69) is 7.05 Å². The molecule has 1 aliphatic heterocycles. The first-order chi connectivity index (χ1) is 8.58. The molecule has 1 aromatic rings. The normalized spacial score (nSPS) is 27.8. The molecular formula is C14H19NO3. The van der Waals surface area contributed by atoms with Crippen LogP contribution in [0, 0.1) is 0 Å². The second-order valence-corrected chi connectivity index (χ2v) is 5.06. The van der Waals surface area contributed by atoms with Crippen molar-refractivity contribution in [2.75, 3.05) is 27.2 Å². The first-order valence-electron chi connectivity index (χ1n) is 6.26. The number of carbonyl (C=O) groups excluding carboxylic acids is 1. The number of methoxy groups -OCH3 is 1. The van der Waals surface area contributed by atoms with Crippen molar-refractivity contribution in [1.29, 1.82) is 0 Å². The van der Waals surface area contributed by atoms with Gasteiger partial charge in [-0.05, 0) is 17.7 Å². The van der Waals surface area contributed by atoms with Gasteiger partial charge in [0, 0.05) is 18.3 Å². The van der Waals surface area contributed by atoms with Crippen LogP contribution in [0.2, 0.25) is 0 Å². The fourth-order valence-electron chi connectivity index (χ4n) is 2.63. The van der Waals surface area contributed by atoms with Crippen molar-refractivity contribution >= 4 is 5.97 Å². The fraction of sp³-hybridized carbons (Fsp3) is 0.500. The highest BCUT2D eigenvalue weighted by molar-refractivity contribution is 5.79. The molecule has 0 radical (unpaired) electrons. The van der Waals surface area contributed by atoms with Crippen molar-refractivity contribution in [3.8, 4) is 5.75 Å². The van der Waals surface area contributed by atoms with Crippen LogP contribution in [0.5, 0.6) is 5.75 Å². The van der Waals surface area contributed by atoms with Crippen LogP contribution in [-0.2, 0) is 10.2 Å². The van der Waals surface area contributed by atoms with E-state index in [-0.39, 0.29) is 0 Å². The summed E-state index contributed by atoms with van der Waals surface area (Å²) >= 11 is 0. The van der Waals surface area contributed by atoms with E-state index in [0.29, 0.717) is 18.6 Å². The van der Waals surface area contributed by atoms with Crippen LogP contribution in [0.4, 0.5) is 0 Å². The standard InChI is InChI=1S/C14H19NO3/c1-15-8-6-14(7-9-15,13(16)17)11-4-3-5-12(10-11)18-2/h3-5,10H,6-9H2,1-2H3,(H,16,17). The van der Waals surface area contributed by atoms with Gasteiger partial charge in [-0.1, -0.05) is 12.1 Å². The van der Waals surface area contributed by atoms with Crippen LogP contribution in [0.15, 0.2) is 24.3 Å². The van der Waals surface area contributed by atoms with Gasteiger partial charge in [0.05, 0.1) is 33.2 Å². The Hall–Kier alpha value is -1.55. The molecule has 0 bridgehead atoms. The molecule has 4 nitrogen and oxygen atoms in total. The maximum absolute atomic E-state index is 11.6. The molecule has 1 aromatic carbocycles. The van der Waals surface area contributed by atoms with E-state index < -0.39 is 11.4 Å². The monoisotopic (exact) mass is 249 g/mol. The van der Waals surface area contributed by atoms with Gasteiger partial charge < -0.3 is 19.5 Å². The highest BCUT2D eigenvalue weighted by Gasteiger charge is 2.39. The van der Waals surface area contributed by atoms with Crippen LogP contribution in [0.3, 0.4) is 0 Å². The van der Waals surface area contributed by atoms with Crippen LogP contribution in [0.25, 0.3) is 0 Å². The van der Waals surface area contributed by atoms with Gasteiger partial charge in [-0.2, -0.15) is 0 Å². The van der Waals surface area contributed by atoms with Gasteiger partial charge in [0.2, 0.25) is 0 Å². The molecule has 4 heteroatoms. The second-order valence-electron chi connectivity index (χ2n) is 5.06. The van der Waals surface area contributed by atoms with Gasteiger partial charge >= 0.3 is 0 Å². The van der Waals surface area contributed by atoms with Crippen molar-refractivity contribution in [2.45, 2.75) is 18.3 Å². The molecule has 0 spiro atoms. The SMILES string of the molecule is COc1cccc(C2(C(=O)[O-])CC[NH+](C)CC2)c1. The summed E-state index contributed by atoms with van der Waals surface area (Å²) in [7, 11) is 3.67. The third kappa shape index (κ3) is 2.20. The fourth-order valence-corrected chi connectivity index (χ4v) is 2.63. The molecular weight excluding hydrogens is 230 g/mol. The molecule has 0 aromatic heterocycles. The number of carboxylic acids is 1. The molecule has 18 heavy (non-hydrogen) atoms. The number of quaternary nitrogens is 1. The Labute approximate surface area is 107 Å². The number of hydrogen-bond acceptors (Lipinski definition) is 3. The molecule has 98 valence electrons. The predicted molar refractivity (Wildman–Crippen MR) is 65.5 cm³/mol. The molecule has 1 fully saturated rings. The second kappa shape index (κ2) is 4.98. The number of carboxylic acid groups (broad SMARTS) is 1. The van der Waals surface area contributed by atoms with Crippen molar-refractivity contribution in [3.63, 3.8) is 0 Å². The van der Waals surface area contributed by atoms with E-state index in [1.54, 1.807) is 7.11 Å². The van der Waals surface area contributed by atoms with Crippen LogP contribution in [0.1, 0.15) is 18.4 Å². The van der Waals surface area contributed by atoms with Crippen molar-refractivity contribution in [3.05, 3.63) is 29.8 Å². The molecule has 2 rings (SSSR count). The predicted octanol–water partition coefficient (Wildman–Crippen LogP) is -1.01. The number of nitrogens with one attached hydrogen (secondary N) is 1. The zero-order chi connectivity index (χ0) is 13.2. The van der Waals surface area contributed by atoms with Crippen molar-refractivity contribution in [1.82, 2.24) is 0 Å². The highest BCUT2D eigenvalue weighted by atomic mass is 16.5. The van der Waals surface area contributed by atoms with Gasteiger partial charge in [0.25, 0.3) is 0 Å². The number of benzene rings is 1. The lowest BCUT2D eigenvalue weighted by atomic mass is 9.73. The van der Waals surface area contributed by atoms with E-state index >= 15 is 0 Å². The van der Waals surface area contributed by atoms with E-state index in [1.165, 1.54) is 4.90 Å². The molecule has 1 saturated heterocycles. The summed E-state index contributed by atoms with van der Waals surface area (Å²) in [6, 6.07) is 7.34. The molecule has 0 atom stereocenters. The first kappa shape index (κ1) is 12.9. The molecule has 1 heterocycles. The number of rotatable bonds is 3. The lowest BCUT2D eigenvalue weighted by Crippen LogP contribution is -3.10. The van der Waals surface area contributed by atoms with Gasteiger partial charge in [-0.25, -0.2) is 0 Å². The maximum Gasteiger partial charge on any atom is 0.119 e. The van der Waals surface area contributed by atoms with Crippen LogP contribution in [-0.4, -0.2) is 33.2 Å². The molecule has 0 aliphatic carbocycles. The quantitative estimate of drug-likeness (QED) is 0.747. The Bertz CT molecular complexity index is 436. The summed E-state index contributed by atoms with van der Waals surface area (Å²) < 4.78 is 5.17. The third-order valence-corrected chi connectivity index (χ3v) is 3.97. The summed E-state index contributed by atoms with van der Waals surface area (Å²) in [6.45, 7) is 1.70. The maximum atomic E-state index is 11.6. The van der Waals surface area contributed by atoms with Crippen molar-refractivity contribution in [2.24, 2.45) is 0 Å². The number of carbonyl (C=O) groups is 1. The minimum absolute atomic E-state index is 0.619. The topological polar surface area (TPSA) is 53.8 Å². The lowest BCUT2D eigenvalue weighted by molar-refractivity contribution is -0.886. The number of ether oxygens (including phenoxy) is 1. The smallest absolute Gasteiger partial charge is 0.119 e. The lowest BCUT2D eigenvalue weighted by Gasteiger charge is -2.40. The highest BCUT2D eigenvalue weighted by Crippen LogP contribution is 2.33. The molecule has 1 aliphatic rings. The van der Waals surface area contributed by atoms with Gasteiger partial charge in [-0.3, -0.25) is 0 Å². The van der Waals surface area contributed by atoms with Crippen LogP contribution < -0.4 is 14.7 Å². The minimum atomic E-state index is -0.969. The third-order valence-electron chi connectivity index (χ3n) is 3.97. The Kier molecular flexibility index (Phi) is 3.57. The van der Waals surface area contributed by atoms with E-state index in [9.17, 15) is 9.90 Å². The zero-order valence-electron chi connectivity index (χ0n) is 10.9. The number of hydrogen-bond donors (Lipinski definition) is 1. The van der Waals surface area contributed by atoms with E-state index in [4.69, 9.17) is 4.74 Å².